The molecule has 0 unspecified atom stereocenters. The fourth-order valence-corrected chi connectivity index (χ4v) is 5.91. The van der Waals surface area contributed by atoms with Crippen LogP contribution in [0.5, 0.6) is 5.75 Å². The molecule has 0 saturated heterocycles. The Hall–Kier alpha value is -4.69. The molecule has 50 heavy (non-hydrogen) atoms. The quantitative estimate of drug-likeness (QED) is 0.0544. The number of hydrogen-bond donors (Lipinski definition) is 9. The number of carboxylic acids is 1. The Morgan fingerprint density at radius 3 is 1.94 bits per heavy atom. The number of aliphatic imine (C=N–C) groups is 1. The van der Waals surface area contributed by atoms with Crippen LogP contribution in [0.4, 0.5) is 0 Å². The summed E-state index contributed by atoms with van der Waals surface area (Å²) in [5.41, 5.74) is 27.9. The number of carboxylic acid groups (broad SMARTS) is 1. The first-order chi connectivity index (χ1) is 23.5. The fraction of sp³-hybridized carbons (Fsp3) is 0.528. The molecule has 4 atom stereocenters. The number of phenolic OH excluding ortho intramolecular Hbond substituents is 1. The van der Waals surface area contributed by atoms with Gasteiger partial charge in [-0.2, -0.15) is 0 Å². The number of amides is 3. The minimum atomic E-state index is -1.20. The molecule has 2 aromatic rings. The summed E-state index contributed by atoms with van der Waals surface area (Å²) in [4.78, 5) is 57.3. The monoisotopic (exact) mass is 696 g/mol. The maximum atomic E-state index is 14.0. The predicted octanol–water partition coefficient (Wildman–Crippen LogP) is 1.27. The van der Waals surface area contributed by atoms with Crippen molar-refractivity contribution >= 4 is 29.7 Å². The van der Waals surface area contributed by atoms with Crippen LogP contribution in [0.3, 0.4) is 0 Å². The molecule has 14 heteroatoms. The standard InChI is InChI=1S/C36H56N8O6/c1-20(2)25-11-8-10-21(3)27(25)19-31(34(48)43-30(35(49)50)12-6-7-14-37)44-33(47)29(13-9-15-41-36(39)40)42-32(46)28(38)18-26-22(4)16-24(45)17-23(26)5/h8,10-11,16-17,20,28-31,45H,6-7,9,12-15,18-19,37-38H2,1-5H3,(H,42,46)(H,43,48)(H,44,47)(H,49,50)(H4,39,40,41)/t28-,29+,30-,31-/m0/s1. The highest BCUT2D eigenvalue weighted by atomic mass is 16.4. The molecular weight excluding hydrogens is 640 g/mol. The van der Waals surface area contributed by atoms with Crippen molar-refractivity contribution in [1.82, 2.24) is 16.0 Å². The van der Waals surface area contributed by atoms with E-state index in [9.17, 15) is 29.4 Å². The van der Waals surface area contributed by atoms with Gasteiger partial charge in [0, 0.05) is 13.0 Å². The maximum Gasteiger partial charge on any atom is 0.326 e. The van der Waals surface area contributed by atoms with Gasteiger partial charge in [-0.05, 0) is 117 Å². The number of benzene rings is 2. The van der Waals surface area contributed by atoms with Gasteiger partial charge in [0.2, 0.25) is 17.7 Å². The van der Waals surface area contributed by atoms with Crippen LogP contribution >= 0.6 is 0 Å². The zero-order valence-electron chi connectivity index (χ0n) is 29.9. The molecule has 0 fully saturated rings. The molecule has 0 bridgehead atoms. The first kappa shape index (κ1) is 41.5. The fourth-order valence-electron chi connectivity index (χ4n) is 5.91. The summed E-state index contributed by atoms with van der Waals surface area (Å²) in [7, 11) is 0. The summed E-state index contributed by atoms with van der Waals surface area (Å²) < 4.78 is 0. The smallest absolute Gasteiger partial charge is 0.326 e. The van der Waals surface area contributed by atoms with Crippen LogP contribution in [-0.2, 0) is 32.0 Å². The molecular formula is C36H56N8O6. The van der Waals surface area contributed by atoms with Crippen molar-refractivity contribution in [2.24, 2.45) is 27.9 Å². The highest BCUT2D eigenvalue weighted by molar-refractivity contribution is 5.94. The molecule has 0 aromatic heterocycles. The molecule has 0 aliphatic rings. The van der Waals surface area contributed by atoms with Gasteiger partial charge in [-0.3, -0.25) is 19.4 Å². The minimum absolute atomic E-state index is 0.0838. The van der Waals surface area contributed by atoms with E-state index in [1.54, 1.807) is 12.1 Å². The Labute approximate surface area is 294 Å². The number of carbonyl (C=O) groups is 4. The number of carbonyl (C=O) groups excluding carboxylic acids is 3. The number of aliphatic carboxylic acids is 1. The average Bonchev–Trinajstić information content (AvgIpc) is 3.03. The Balaban J connectivity index is 2.42. The Morgan fingerprint density at radius 1 is 0.780 bits per heavy atom. The second-order valence-corrected chi connectivity index (χ2v) is 13.1. The number of aryl methyl sites for hydroxylation is 3. The van der Waals surface area contributed by atoms with Gasteiger partial charge < -0.3 is 49.1 Å². The first-order valence-corrected chi connectivity index (χ1v) is 17.1. The zero-order valence-corrected chi connectivity index (χ0v) is 29.9. The Morgan fingerprint density at radius 2 is 1.36 bits per heavy atom. The van der Waals surface area contributed by atoms with Crippen LogP contribution in [0.25, 0.3) is 0 Å². The van der Waals surface area contributed by atoms with Crippen molar-refractivity contribution in [3.05, 3.63) is 63.7 Å². The lowest BCUT2D eigenvalue weighted by molar-refractivity contribution is -0.142. The van der Waals surface area contributed by atoms with Gasteiger partial charge in [0.25, 0.3) is 0 Å². The van der Waals surface area contributed by atoms with E-state index in [4.69, 9.17) is 22.9 Å². The van der Waals surface area contributed by atoms with Crippen LogP contribution in [0, 0.1) is 20.8 Å². The van der Waals surface area contributed by atoms with Crippen molar-refractivity contribution in [3.63, 3.8) is 0 Å². The van der Waals surface area contributed by atoms with Gasteiger partial charge in [0.1, 0.15) is 23.9 Å². The summed E-state index contributed by atoms with van der Waals surface area (Å²) in [6, 6.07) is 4.45. The molecule has 0 radical (unpaired) electrons. The van der Waals surface area contributed by atoms with Gasteiger partial charge in [0.05, 0.1) is 6.04 Å². The summed E-state index contributed by atoms with van der Waals surface area (Å²) in [5.74, 6) is -3.01. The summed E-state index contributed by atoms with van der Waals surface area (Å²) in [5, 5.41) is 27.9. The Bertz CT molecular complexity index is 1480. The van der Waals surface area contributed by atoms with Crippen molar-refractivity contribution in [2.45, 2.75) is 110 Å². The third-order valence-corrected chi connectivity index (χ3v) is 8.69. The molecule has 3 amide bonds. The van der Waals surface area contributed by atoms with Crippen molar-refractivity contribution in [1.29, 1.82) is 0 Å². The van der Waals surface area contributed by atoms with E-state index in [-0.39, 0.29) is 49.9 Å². The van der Waals surface area contributed by atoms with E-state index >= 15 is 0 Å². The van der Waals surface area contributed by atoms with Gasteiger partial charge in [-0.25, -0.2) is 4.79 Å². The molecule has 0 aliphatic heterocycles. The van der Waals surface area contributed by atoms with E-state index < -0.39 is 47.9 Å². The van der Waals surface area contributed by atoms with E-state index in [1.807, 2.05) is 52.8 Å². The normalized spacial score (nSPS) is 13.5. The minimum Gasteiger partial charge on any atom is -0.508 e. The molecule has 14 nitrogen and oxygen atoms in total. The number of nitrogens with two attached hydrogens (primary N) is 4. The summed E-state index contributed by atoms with van der Waals surface area (Å²) in [6.07, 6.45) is 1.93. The first-order valence-electron chi connectivity index (χ1n) is 17.1. The van der Waals surface area contributed by atoms with Gasteiger partial charge >= 0.3 is 5.97 Å². The van der Waals surface area contributed by atoms with E-state index in [2.05, 4.69) is 20.9 Å². The van der Waals surface area contributed by atoms with Crippen LogP contribution < -0.4 is 38.9 Å². The van der Waals surface area contributed by atoms with Gasteiger partial charge in [-0.15, -0.1) is 0 Å². The molecule has 0 spiro atoms. The predicted molar refractivity (Wildman–Crippen MR) is 194 cm³/mol. The van der Waals surface area contributed by atoms with Gasteiger partial charge in [0.15, 0.2) is 5.96 Å². The third-order valence-electron chi connectivity index (χ3n) is 8.69. The van der Waals surface area contributed by atoms with Crippen molar-refractivity contribution in [3.8, 4) is 5.75 Å². The van der Waals surface area contributed by atoms with Crippen LogP contribution in [0.2, 0.25) is 0 Å². The molecule has 13 N–H and O–H groups in total. The molecule has 0 heterocycles. The third kappa shape index (κ3) is 13.0. The number of nitrogens with one attached hydrogen (secondary N) is 3. The summed E-state index contributed by atoms with van der Waals surface area (Å²) in [6.45, 7) is 10.2. The SMILES string of the molecule is Cc1cc(O)cc(C)c1C[C@H](N)C(=O)N[C@H](CCCN=C(N)N)C(=O)N[C@@H](Cc1c(C)cccc1C(C)C)C(=O)N[C@@H](CCCCN)C(=O)O. The van der Waals surface area contributed by atoms with Crippen LogP contribution in [0.1, 0.15) is 85.3 Å². The molecule has 0 saturated carbocycles. The molecule has 2 aromatic carbocycles. The zero-order chi connectivity index (χ0) is 37.5. The van der Waals surface area contributed by atoms with Crippen LogP contribution in [-0.4, -0.2) is 77.1 Å². The average molecular weight is 697 g/mol. The number of phenols is 1. The van der Waals surface area contributed by atoms with Crippen molar-refractivity contribution in [2.75, 3.05) is 13.1 Å². The molecule has 276 valence electrons. The Kier molecular flexibility index (Phi) is 16.7. The second-order valence-electron chi connectivity index (χ2n) is 13.1. The van der Waals surface area contributed by atoms with E-state index in [1.165, 1.54) is 0 Å². The highest BCUT2D eigenvalue weighted by Crippen LogP contribution is 2.25. The number of unbranched alkanes of at least 4 members (excludes halogenated alkanes) is 1. The lowest BCUT2D eigenvalue weighted by atomic mass is 9.89. The van der Waals surface area contributed by atoms with Crippen LogP contribution in [0.15, 0.2) is 35.3 Å². The molecule has 2 rings (SSSR count). The number of hydrogen-bond acceptors (Lipinski definition) is 8. The number of guanidine groups is 1. The number of nitrogens with zero attached hydrogens (tertiary/aromatic N) is 1. The second kappa shape index (κ2) is 20.1. The summed E-state index contributed by atoms with van der Waals surface area (Å²) >= 11 is 0. The lowest BCUT2D eigenvalue weighted by Gasteiger charge is -2.27. The largest absolute Gasteiger partial charge is 0.508 e. The maximum absolute atomic E-state index is 14.0. The topological polar surface area (TPSA) is 261 Å². The highest BCUT2D eigenvalue weighted by Gasteiger charge is 2.31. The van der Waals surface area contributed by atoms with Crippen molar-refractivity contribution < 1.29 is 29.4 Å². The van der Waals surface area contributed by atoms with E-state index in [0.29, 0.717) is 25.8 Å². The molecule has 0 aliphatic carbocycles. The number of rotatable bonds is 20. The van der Waals surface area contributed by atoms with Gasteiger partial charge in [-0.1, -0.05) is 32.0 Å². The van der Waals surface area contributed by atoms with E-state index in [0.717, 1.165) is 33.4 Å². The lowest BCUT2D eigenvalue weighted by Crippen LogP contribution is -2.58. The number of aromatic hydroxyl groups is 1.